The van der Waals surface area contributed by atoms with Gasteiger partial charge in [-0.3, -0.25) is 0 Å². The summed E-state index contributed by atoms with van der Waals surface area (Å²) in [5, 5.41) is 0. The Kier molecular flexibility index (Phi) is 1.58. The van der Waals surface area contributed by atoms with E-state index >= 15 is 0 Å². The maximum atomic E-state index is 5.84. The lowest BCUT2D eigenvalue weighted by Gasteiger charge is -2.15. The molecule has 0 amide bonds. The Morgan fingerprint density at radius 1 is 1.62 bits per heavy atom. The molecule has 0 bridgehead atoms. The summed E-state index contributed by atoms with van der Waals surface area (Å²) in [6, 6.07) is 0. The van der Waals surface area contributed by atoms with Crippen molar-refractivity contribution >= 4 is 0 Å². The SMILES string of the molecule is Cn1cnc(C2(CN)CC2(C)C)c1. The zero-order valence-corrected chi connectivity index (χ0v) is 8.54. The van der Waals surface area contributed by atoms with E-state index in [1.54, 1.807) is 0 Å². The Bertz CT molecular complexity index is 327. The Balaban J connectivity index is 2.35. The predicted octanol–water partition coefficient (Wildman–Crippen LogP) is 1.05. The molecule has 0 radical (unpaired) electrons. The molecule has 1 aliphatic carbocycles. The summed E-state index contributed by atoms with van der Waals surface area (Å²) in [6.45, 7) is 5.22. The van der Waals surface area contributed by atoms with Gasteiger partial charge in [-0.15, -0.1) is 0 Å². The van der Waals surface area contributed by atoms with E-state index in [1.165, 1.54) is 0 Å². The fourth-order valence-electron chi connectivity index (χ4n) is 2.26. The molecule has 1 atom stereocenters. The second kappa shape index (κ2) is 2.35. The topological polar surface area (TPSA) is 43.8 Å². The van der Waals surface area contributed by atoms with Gasteiger partial charge in [-0.1, -0.05) is 13.8 Å². The molecule has 1 unspecified atom stereocenters. The number of hydrogen-bond acceptors (Lipinski definition) is 2. The van der Waals surface area contributed by atoms with Gasteiger partial charge in [0.2, 0.25) is 0 Å². The van der Waals surface area contributed by atoms with Crippen molar-refractivity contribution in [3.05, 3.63) is 18.2 Å². The Morgan fingerprint density at radius 3 is 2.54 bits per heavy atom. The zero-order valence-electron chi connectivity index (χ0n) is 8.54. The summed E-state index contributed by atoms with van der Waals surface area (Å²) < 4.78 is 1.99. The quantitative estimate of drug-likeness (QED) is 0.737. The molecule has 1 aliphatic rings. The number of hydrogen-bond donors (Lipinski definition) is 1. The van der Waals surface area contributed by atoms with E-state index in [4.69, 9.17) is 5.73 Å². The maximum Gasteiger partial charge on any atom is 0.0947 e. The molecule has 1 heterocycles. The van der Waals surface area contributed by atoms with E-state index in [-0.39, 0.29) is 5.41 Å². The van der Waals surface area contributed by atoms with Gasteiger partial charge in [0.25, 0.3) is 0 Å². The van der Waals surface area contributed by atoms with Crippen LogP contribution in [0.4, 0.5) is 0 Å². The third-order valence-electron chi connectivity index (χ3n) is 3.46. The molecule has 0 aliphatic heterocycles. The molecule has 72 valence electrons. The lowest BCUT2D eigenvalue weighted by molar-refractivity contribution is 0.494. The van der Waals surface area contributed by atoms with E-state index in [1.807, 2.05) is 17.9 Å². The van der Waals surface area contributed by atoms with Crippen molar-refractivity contribution in [1.82, 2.24) is 9.55 Å². The van der Waals surface area contributed by atoms with Crippen LogP contribution in [0.1, 0.15) is 26.0 Å². The minimum Gasteiger partial charge on any atom is -0.340 e. The second-order valence-electron chi connectivity index (χ2n) is 4.77. The lowest BCUT2D eigenvalue weighted by atomic mass is 9.93. The first-order chi connectivity index (χ1) is 6.02. The number of imidazole rings is 1. The highest BCUT2D eigenvalue weighted by molar-refractivity contribution is 5.31. The minimum absolute atomic E-state index is 0.147. The summed E-state index contributed by atoms with van der Waals surface area (Å²) >= 11 is 0. The van der Waals surface area contributed by atoms with Crippen LogP contribution in [-0.2, 0) is 12.5 Å². The molecule has 0 saturated heterocycles. The first kappa shape index (κ1) is 8.75. The standard InChI is InChI=1S/C10H17N3/c1-9(2)5-10(9,6-11)8-4-13(3)7-12-8/h4,7H,5-6,11H2,1-3H3. The van der Waals surface area contributed by atoms with Crippen LogP contribution in [0.25, 0.3) is 0 Å². The van der Waals surface area contributed by atoms with E-state index in [2.05, 4.69) is 25.0 Å². The van der Waals surface area contributed by atoms with Crippen LogP contribution < -0.4 is 5.73 Å². The summed E-state index contributed by atoms with van der Waals surface area (Å²) in [6.07, 6.45) is 5.09. The van der Waals surface area contributed by atoms with Gasteiger partial charge in [0.1, 0.15) is 0 Å². The van der Waals surface area contributed by atoms with Crippen LogP contribution in [0.5, 0.6) is 0 Å². The molecule has 3 nitrogen and oxygen atoms in total. The van der Waals surface area contributed by atoms with E-state index in [0.717, 1.165) is 12.1 Å². The Labute approximate surface area is 79.0 Å². The third kappa shape index (κ3) is 1.03. The van der Waals surface area contributed by atoms with Crippen molar-refractivity contribution in [3.63, 3.8) is 0 Å². The largest absolute Gasteiger partial charge is 0.340 e. The van der Waals surface area contributed by atoms with Gasteiger partial charge >= 0.3 is 0 Å². The van der Waals surface area contributed by atoms with Crippen LogP contribution in [0, 0.1) is 5.41 Å². The third-order valence-corrected chi connectivity index (χ3v) is 3.46. The zero-order chi connectivity index (χ0) is 9.69. The van der Waals surface area contributed by atoms with Crippen LogP contribution >= 0.6 is 0 Å². The molecule has 1 fully saturated rings. The van der Waals surface area contributed by atoms with Crippen LogP contribution in [0.2, 0.25) is 0 Å². The van der Waals surface area contributed by atoms with Crippen molar-refractivity contribution in [2.45, 2.75) is 25.7 Å². The van der Waals surface area contributed by atoms with Gasteiger partial charge in [0, 0.05) is 25.2 Å². The summed E-state index contributed by atoms with van der Waals surface area (Å²) in [5.74, 6) is 0. The molecular weight excluding hydrogens is 162 g/mol. The van der Waals surface area contributed by atoms with Gasteiger partial charge in [-0.25, -0.2) is 4.98 Å². The minimum atomic E-state index is 0.147. The lowest BCUT2D eigenvalue weighted by Crippen LogP contribution is -2.25. The molecule has 3 heteroatoms. The van der Waals surface area contributed by atoms with Gasteiger partial charge < -0.3 is 10.3 Å². The van der Waals surface area contributed by atoms with Crippen molar-refractivity contribution in [2.24, 2.45) is 18.2 Å². The molecule has 2 N–H and O–H groups in total. The maximum absolute atomic E-state index is 5.84. The molecule has 2 rings (SSSR count). The first-order valence-electron chi connectivity index (χ1n) is 4.70. The molecule has 1 saturated carbocycles. The highest BCUT2D eigenvalue weighted by Gasteiger charge is 2.62. The molecule has 0 aromatic carbocycles. The van der Waals surface area contributed by atoms with Crippen molar-refractivity contribution < 1.29 is 0 Å². The highest BCUT2D eigenvalue weighted by Crippen LogP contribution is 2.63. The average molecular weight is 179 g/mol. The number of aryl methyl sites for hydroxylation is 1. The normalized spacial score (nSPS) is 30.5. The molecular formula is C10H17N3. The smallest absolute Gasteiger partial charge is 0.0947 e. The molecule has 1 aromatic rings. The number of aromatic nitrogens is 2. The second-order valence-corrected chi connectivity index (χ2v) is 4.77. The number of nitrogens with two attached hydrogens (primary N) is 1. The Morgan fingerprint density at radius 2 is 2.23 bits per heavy atom. The monoisotopic (exact) mass is 179 g/mol. The first-order valence-corrected chi connectivity index (χ1v) is 4.70. The van der Waals surface area contributed by atoms with E-state index in [9.17, 15) is 0 Å². The fourth-order valence-corrected chi connectivity index (χ4v) is 2.26. The van der Waals surface area contributed by atoms with Gasteiger partial charge in [-0.05, 0) is 11.8 Å². The van der Waals surface area contributed by atoms with Crippen molar-refractivity contribution in [2.75, 3.05) is 6.54 Å². The van der Waals surface area contributed by atoms with Crippen LogP contribution in [0.15, 0.2) is 12.5 Å². The summed E-state index contributed by atoms with van der Waals surface area (Å²) in [5.41, 5.74) is 7.47. The number of rotatable bonds is 2. The van der Waals surface area contributed by atoms with E-state index < -0.39 is 0 Å². The van der Waals surface area contributed by atoms with Crippen LogP contribution in [-0.4, -0.2) is 16.1 Å². The summed E-state index contributed by atoms with van der Waals surface area (Å²) in [7, 11) is 2.00. The predicted molar refractivity (Wildman–Crippen MR) is 52.3 cm³/mol. The molecule has 0 spiro atoms. The highest BCUT2D eigenvalue weighted by atomic mass is 15.0. The van der Waals surface area contributed by atoms with Crippen molar-refractivity contribution in [1.29, 1.82) is 0 Å². The average Bonchev–Trinajstić information content (AvgIpc) is 2.43. The van der Waals surface area contributed by atoms with Crippen LogP contribution in [0.3, 0.4) is 0 Å². The van der Waals surface area contributed by atoms with E-state index in [0.29, 0.717) is 12.0 Å². The van der Waals surface area contributed by atoms with Gasteiger partial charge in [0.05, 0.1) is 12.0 Å². The summed E-state index contributed by atoms with van der Waals surface area (Å²) in [4.78, 5) is 4.40. The molecule has 13 heavy (non-hydrogen) atoms. The van der Waals surface area contributed by atoms with Gasteiger partial charge in [-0.2, -0.15) is 0 Å². The fraction of sp³-hybridized carbons (Fsp3) is 0.700. The number of nitrogens with zero attached hydrogens (tertiary/aromatic N) is 2. The van der Waals surface area contributed by atoms with Crippen molar-refractivity contribution in [3.8, 4) is 0 Å². The molecule has 1 aromatic heterocycles. The van der Waals surface area contributed by atoms with Gasteiger partial charge in [0.15, 0.2) is 0 Å². The Hall–Kier alpha value is -0.830.